The zero-order valence-corrected chi connectivity index (χ0v) is 11.0. The molecule has 1 aromatic rings. The fraction of sp³-hybridized carbons (Fsp3) is 0.364. The van der Waals surface area contributed by atoms with Crippen molar-refractivity contribution in [1.29, 1.82) is 0 Å². The number of primary amides is 1. The first kappa shape index (κ1) is 12.6. The maximum absolute atomic E-state index is 11.5. The third kappa shape index (κ3) is 2.21. The van der Waals surface area contributed by atoms with Crippen molar-refractivity contribution in [3.63, 3.8) is 0 Å². The molecule has 1 unspecified atom stereocenters. The van der Waals surface area contributed by atoms with Crippen LogP contribution in [0.5, 0.6) is 0 Å². The topological polar surface area (TPSA) is 85.0 Å². The molecule has 0 spiro atoms. The number of aryl methyl sites for hydroxylation is 1. The number of amides is 1. The van der Waals surface area contributed by atoms with Crippen LogP contribution in [0.3, 0.4) is 0 Å². The molecular formula is C11H15N5OS. The van der Waals surface area contributed by atoms with Gasteiger partial charge in [-0.25, -0.2) is 0 Å². The Labute approximate surface area is 110 Å². The van der Waals surface area contributed by atoms with E-state index in [4.69, 9.17) is 18.0 Å². The molecule has 1 aromatic heterocycles. The van der Waals surface area contributed by atoms with Gasteiger partial charge in [-0.05, 0) is 26.1 Å². The molecule has 7 heteroatoms. The third-order valence-electron chi connectivity index (χ3n) is 2.85. The molecule has 0 bridgehead atoms. The van der Waals surface area contributed by atoms with Crippen LogP contribution in [0.1, 0.15) is 25.5 Å². The minimum atomic E-state index is -0.468. The Kier molecular flexibility index (Phi) is 3.33. The quantitative estimate of drug-likeness (QED) is 0.679. The summed E-state index contributed by atoms with van der Waals surface area (Å²) in [5.74, 6) is -0.468. The first-order chi connectivity index (χ1) is 8.52. The number of hydrogen-bond donors (Lipinski definition) is 3. The third-order valence-corrected chi connectivity index (χ3v) is 3.07. The summed E-state index contributed by atoms with van der Waals surface area (Å²) >= 11 is 5.10. The number of nitrogens with zero attached hydrogens (tertiary/aromatic N) is 2. The van der Waals surface area contributed by atoms with Gasteiger partial charge < -0.3 is 16.4 Å². The highest BCUT2D eigenvalue weighted by molar-refractivity contribution is 7.80. The normalized spacial score (nSPS) is 19.4. The Bertz CT molecular complexity index is 533. The molecule has 18 heavy (non-hydrogen) atoms. The standard InChI is InChI=1S/C11H15N5OS/c1-3-16-5-7(4-13-16)9-8(10(12)17)6(2)14-11(18)15-9/h4-5,9H,3H2,1-2H3,(H2,12,17)(H2,14,15,18). The van der Waals surface area contributed by atoms with E-state index in [0.717, 1.165) is 12.1 Å². The summed E-state index contributed by atoms with van der Waals surface area (Å²) in [6, 6.07) is -0.337. The van der Waals surface area contributed by atoms with E-state index < -0.39 is 5.91 Å². The van der Waals surface area contributed by atoms with E-state index >= 15 is 0 Å². The number of hydrogen-bond acceptors (Lipinski definition) is 3. The van der Waals surface area contributed by atoms with E-state index in [9.17, 15) is 4.79 Å². The van der Waals surface area contributed by atoms with Crippen molar-refractivity contribution in [2.24, 2.45) is 5.73 Å². The molecule has 0 fully saturated rings. The maximum atomic E-state index is 11.5. The molecule has 0 radical (unpaired) electrons. The van der Waals surface area contributed by atoms with Crippen LogP contribution in [0, 0.1) is 0 Å². The van der Waals surface area contributed by atoms with Crippen molar-refractivity contribution in [3.8, 4) is 0 Å². The summed E-state index contributed by atoms with van der Waals surface area (Å²) in [7, 11) is 0. The van der Waals surface area contributed by atoms with Gasteiger partial charge in [0.1, 0.15) is 0 Å². The van der Waals surface area contributed by atoms with E-state index in [0.29, 0.717) is 16.4 Å². The molecule has 0 aromatic carbocycles. The molecule has 1 aliphatic rings. The Balaban J connectivity index is 2.43. The lowest BCUT2D eigenvalue weighted by atomic mass is 9.98. The van der Waals surface area contributed by atoms with Crippen molar-refractivity contribution < 1.29 is 4.79 Å². The van der Waals surface area contributed by atoms with Crippen LogP contribution < -0.4 is 16.4 Å². The highest BCUT2D eigenvalue weighted by atomic mass is 32.1. The minimum Gasteiger partial charge on any atom is -0.366 e. The number of thiocarbonyl (C=S) groups is 1. The molecule has 4 N–H and O–H groups in total. The van der Waals surface area contributed by atoms with Gasteiger partial charge in [0, 0.05) is 24.0 Å². The van der Waals surface area contributed by atoms with E-state index in [2.05, 4.69) is 15.7 Å². The van der Waals surface area contributed by atoms with Crippen LogP contribution in [0.4, 0.5) is 0 Å². The zero-order valence-electron chi connectivity index (χ0n) is 10.2. The fourth-order valence-electron chi connectivity index (χ4n) is 1.97. The maximum Gasteiger partial charge on any atom is 0.248 e. The predicted octanol–water partition coefficient (Wildman–Crippen LogP) is 0.181. The van der Waals surface area contributed by atoms with Gasteiger partial charge >= 0.3 is 0 Å². The average molecular weight is 265 g/mol. The number of nitrogens with one attached hydrogen (secondary N) is 2. The summed E-state index contributed by atoms with van der Waals surface area (Å²) in [5, 5.41) is 10.6. The van der Waals surface area contributed by atoms with Crippen molar-refractivity contribution in [2.75, 3.05) is 0 Å². The van der Waals surface area contributed by atoms with Crippen molar-refractivity contribution >= 4 is 23.2 Å². The van der Waals surface area contributed by atoms with Gasteiger partial charge in [0.25, 0.3) is 0 Å². The SMILES string of the molecule is CCn1cc(C2NC(=S)NC(C)=C2C(N)=O)cn1. The summed E-state index contributed by atoms with van der Waals surface area (Å²) in [5.41, 5.74) is 7.46. The van der Waals surface area contributed by atoms with Gasteiger partial charge in [0.05, 0.1) is 17.8 Å². The molecule has 1 amide bonds. The summed E-state index contributed by atoms with van der Waals surface area (Å²) in [6.07, 6.45) is 3.59. The number of nitrogens with two attached hydrogens (primary N) is 1. The molecule has 0 saturated carbocycles. The lowest BCUT2D eigenvalue weighted by molar-refractivity contribution is -0.115. The number of rotatable bonds is 3. The lowest BCUT2D eigenvalue weighted by Crippen LogP contribution is -2.45. The Morgan fingerprint density at radius 1 is 1.67 bits per heavy atom. The Morgan fingerprint density at radius 2 is 2.39 bits per heavy atom. The summed E-state index contributed by atoms with van der Waals surface area (Å²) in [6.45, 7) is 4.54. The molecule has 1 aliphatic heterocycles. The Hall–Kier alpha value is -1.89. The molecule has 1 atom stereocenters. The molecule has 2 rings (SSSR count). The van der Waals surface area contributed by atoms with Gasteiger partial charge in [-0.2, -0.15) is 5.10 Å². The monoisotopic (exact) mass is 265 g/mol. The van der Waals surface area contributed by atoms with E-state index in [1.54, 1.807) is 17.8 Å². The highest BCUT2D eigenvalue weighted by Crippen LogP contribution is 2.25. The van der Waals surface area contributed by atoms with Crippen LogP contribution in [-0.2, 0) is 11.3 Å². The minimum absolute atomic E-state index is 0.337. The van der Waals surface area contributed by atoms with Gasteiger partial charge in [-0.1, -0.05) is 0 Å². The van der Waals surface area contributed by atoms with Crippen molar-refractivity contribution in [2.45, 2.75) is 26.4 Å². The largest absolute Gasteiger partial charge is 0.366 e. The lowest BCUT2D eigenvalue weighted by Gasteiger charge is -2.28. The second-order valence-corrected chi connectivity index (χ2v) is 4.47. The van der Waals surface area contributed by atoms with Gasteiger partial charge in [0.15, 0.2) is 5.11 Å². The van der Waals surface area contributed by atoms with Crippen LogP contribution in [0.2, 0.25) is 0 Å². The number of carbonyl (C=O) groups excluding carboxylic acids is 1. The molecule has 0 aliphatic carbocycles. The van der Waals surface area contributed by atoms with Gasteiger partial charge in [-0.3, -0.25) is 9.48 Å². The molecule has 0 saturated heterocycles. The van der Waals surface area contributed by atoms with Crippen LogP contribution >= 0.6 is 12.2 Å². The predicted molar refractivity (Wildman–Crippen MR) is 71.4 cm³/mol. The van der Waals surface area contributed by atoms with E-state index in [1.165, 1.54) is 0 Å². The fourth-order valence-corrected chi connectivity index (χ4v) is 2.24. The number of carbonyl (C=O) groups is 1. The van der Waals surface area contributed by atoms with Gasteiger partial charge in [-0.15, -0.1) is 0 Å². The van der Waals surface area contributed by atoms with Gasteiger partial charge in [0.2, 0.25) is 5.91 Å². The molecule has 6 nitrogen and oxygen atoms in total. The number of allylic oxidation sites excluding steroid dienone is 1. The smallest absolute Gasteiger partial charge is 0.248 e. The summed E-state index contributed by atoms with van der Waals surface area (Å²) < 4.78 is 1.79. The Morgan fingerprint density at radius 3 is 2.94 bits per heavy atom. The second-order valence-electron chi connectivity index (χ2n) is 4.06. The second kappa shape index (κ2) is 4.77. The zero-order chi connectivity index (χ0) is 13.3. The van der Waals surface area contributed by atoms with E-state index in [-0.39, 0.29) is 6.04 Å². The van der Waals surface area contributed by atoms with Crippen LogP contribution in [0.25, 0.3) is 0 Å². The van der Waals surface area contributed by atoms with E-state index in [1.807, 2.05) is 13.1 Å². The number of aromatic nitrogens is 2. The first-order valence-corrected chi connectivity index (χ1v) is 6.04. The summed E-state index contributed by atoms with van der Waals surface area (Å²) in [4.78, 5) is 11.5. The first-order valence-electron chi connectivity index (χ1n) is 5.63. The van der Waals surface area contributed by atoms with Crippen LogP contribution in [0.15, 0.2) is 23.7 Å². The molecular weight excluding hydrogens is 250 g/mol. The van der Waals surface area contributed by atoms with Crippen LogP contribution in [-0.4, -0.2) is 20.8 Å². The molecule has 96 valence electrons. The molecule has 2 heterocycles. The van der Waals surface area contributed by atoms with Crippen molar-refractivity contribution in [1.82, 2.24) is 20.4 Å². The average Bonchev–Trinajstić information content (AvgIpc) is 2.75. The van der Waals surface area contributed by atoms with Crippen molar-refractivity contribution in [3.05, 3.63) is 29.2 Å². The highest BCUT2D eigenvalue weighted by Gasteiger charge is 2.29.